The molecule has 0 aliphatic rings. The molecule has 0 atom stereocenters. The highest BCUT2D eigenvalue weighted by molar-refractivity contribution is 5.74. The Morgan fingerprint density at radius 2 is 2.14 bits per heavy atom. The number of ether oxygens (including phenoxy) is 1. The van der Waals surface area contributed by atoms with Gasteiger partial charge in [0.2, 0.25) is 0 Å². The van der Waals surface area contributed by atoms with Crippen molar-refractivity contribution in [3.63, 3.8) is 0 Å². The molecule has 0 fully saturated rings. The Balaban J connectivity index is 2.28. The number of carbonyl (C=O) groups is 1. The fourth-order valence-corrected chi connectivity index (χ4v) is 2.11. The second kappa shape index (κ2) is 6.85. The monoisotopic (exact) mass is 287 g/mol. The Kier molecular flexibility index (Phi) is 4.90. The normalized spacial score (nSPS) is 10.4. The van der Waals surface area contributed by atoms with Crippen LogP contribution in [-0.2, 0) is 6.54 Å². The zero-order valence-corrected chi connectivity index (χ0v) is 11.8. The van der Waals surface area contributed by atoms with Crippen LogP contribution in [0.2, 0.25) is 0 Å². The number of aryl methyl sites for hydroxylation is 1. The lowest BCUT2D eigenvalue weighted by Crippen LogP contribution is -2.24. The van der Waals surface area contributed by atoms with Crippen molar-refractivity contribution in [3.8, 4) is 5.75 Å². The molecule has 0 bridgehead atoms. The van der Waals surface area contributed by atoms with Crippen molar-refractivity contribution in [2.45, 2.75) is 13.5 Å². The molecule has 1 aromatic carbocycles. The third-order valence-electron chi connectivity index (χ3n) is 2.99. The minimum atomic E-state index is -0.308. The molecular weight excluding hydrogens is 270 g/mol. The van der Waals surface area contributed by atoms with Crippen molar-refractivity contribution >= 4 is 6.29 Å². The van der Waals surface area contributed by atoms with E-state index in [1.165, 1.54) is 4.57 Å². The lowest BCUT2D eigenvalue weighted by molar-refractivity contribution is 0.112. The van der Waals surface area contributed by atoms with Gasteiger partial charge in [0.25, 0.3) is 5.56 Å². The third kappa shape index (κ3) is 3.79. The summed E-state index contributed by atoms with van der Waals surface area (Å²) in [5.74, 6) is 0.637. The van der Waals surface area contributed by atoms with Crippen molar-refractivity contribution in [2.24, 2.45) is 0 Å². The van der Waals surface area contributed by atoms with Gasteiger partial charge in [-0.3, -0.25) is 9.59 Å². The molecule has 5 nitrogen and oxygen atoms in total. The summed E-state index contributed by atoms with van der Waals surface area (Å²) in [6, 6.07) is 8.87. The summed E-state index contributed by atoms with van der Waals surface area (Å²) in [6.07, 6.45) is 2.29. The molecule has 0 saturated heterocycles. The molecule has 0 aliphatic carbocycles. The molecule has 5 heteroatoms. The zero-order valence-electron chi connectivity index (χ0n) is 11.8. The number of aromatic nitrogens is 1. The van der Waals surface area contributed by atoms with E-state index in [1.807, 2.05) is 25.1 Å². The van der Waals surface area contributed by atoms with Crippen LogP contribution in [0.3, 0.4) is 0 Å². The smallest absolute Gasteiger partial charge is 0.261 e. The standard InChI is InChI=1S/C16H17NO4/c1-12-7-14(11-19)16(20)17(9-12)10-13-3-2-4-15(8-13)21-6-5-18/h2-4,7-9,11,18H,5-6,10H2,1H3. The second-order valence-corrected chi connectivity index (χ2v) is 4.74. The van der Waals surface area contributed by atoms with Crippen LogP contribution < -0.4 is 10.3 Å². The van der Waals surface area contributed by atoms with E-state index in [1.54, 1.807) is 18.3 Å². The maximum Gasteiger partial charge on any atom is 0.261 e. The zero-order chi connectivity index (χ0) is 15.2. The number of hydrogen-bond acceptors (Lipinski definition) is 4. The van der Waals surface area contributed by atoms with E-state index >= 15 is 0 Å². The maximum atomic E-state index is 12.1. The Bertz CT molecular complexity index is 691. The van der Waals surface area contributed by atoms with E-state index in [9.17, 15) is 9.59 Å². The van der Waals surface area contributed by atoms with Crippen molar-refractivity contribution in [3.05, 3.63) is 63.6 Å². The number of aliphatic hydroxyl groups is 1. The van der Waals surface area contributed by atoms with Crippen molar-refractivity contribution in [2.75, 3.05) is 13.2 Å². The summed E-state index contributed by atoms with van der Waals surface area (Å²) in [4.78, 5) is 23.0. The number of aldehydes is 1. The molecule has 1 aromatic heterocycles. The fraction of sp³-hybridized carbons (Fsp3) is 0.250. The predicted molar refractivity (Wildman–Crippen MR) is 79.0 cm³/mol. The number of pyridine rings is 1. The highest BCUT2D eigenvalue weighted by Gasteiger charge is 2.05. The van der Waals surface area contributed by atoms with Gasteiger partial charge in [-0.25, -0.2) is 0 Å². The van der Waals surface area contributed by atoms with Crippen LogP contribution in [0.25, 0.3) is 0 Å². The summed E-state index contributed by atoms with van der Waals surface area (Å²) in [7, 11) is 0. The second-order valence-electron chi connectivity index (χ2n) is 4.74. The molecule has 0 radical (unpaired) electrons. The summed E-state index contributed by atoms with van der Waals surface area (Å²) in [5, 5.41) is 8.75. The SMILES string of the molecule is Cc1cc(C=O)c(=O)n(Cc2cccc(OCCO)c2)c1. The van der Waals surface area contributed by atoms with Gasteiger partial charge >= 0.3 is 0 Å². The van der Waals surface area contributed by atoms with Crippen molar-refractivity contribution in [1.82, 2.24) is 4.57 Å². The van der Waals surface area contributed by atoms with Gasteiger partial charge in [0.05, 0.1) is 18.7 Å². The van der Waals surface area contributed by atoms with E-state index in [-0.39, 0.29) is 24.3 Å². The first-order valence-electron chi connectivity index (χ1n) is 6.63. The number of benzene rings is 1. The molecule has 2 aromatic rings. The molecule has 0 spiro atoms. The summed E-state index contributed by atoms with van der Waals surface area (Å²) in [5.41, 5.74) is 1.58. The van der Waals surface area contributed by atoms with Gasteiger partial charge in [0.15, 0.2) is 6.29 Å². The van der Waals surface area contributed by atoms with Crippen molar-refractivity contribution in [1.29, 1.82) is 0 Å². The quantitative estimate of drug-likeness (QED) is 0.815. The average molecular weight is 287 g/mol. The minimum Gasteiger partial charge on any atom is -0.491 e. The first kappa shape index (κ1) is 15.0. The van der Waals surface area contributed by atoms with Gasteiger partial charge in [-0.05, 0) is 36.2 Å². The number of nitrogens with zero attached hydrogens (tertiary/aromatic N) is 1. The van der Waals surface area contributed by atoms with Crippen LogP contribution in [0.15, 0.2) is 41.3 Å². The van der Waals surface area contributed by atoms with Gasteiger partial charge in [0, 0.05) is 6.20 Å². The lowest BCUT2D eigenvalue weighted by Gasteiger charge is -2.10. The molecule has 0 saturated carbocycles. The summed E-state index contributed by atoms with van der Waals surface area (Å²) in [6.45, 7) is 2.37. The Morgan fingerprint density at radius 3 is 2.86 bits per heavy atom. The highest BCUT2D eigenvalue weighted by atomic mass is 16.5. The van der Waals surface area contributed by atoms with Crippen LogP contribution in [0, 0.1) is 6.92 Å². The molecule has 0 unspecified atom stereocenters. The summed E-state index contributed by atoms with van der Waals surface area (Å²) >= 11 is 0. The maximum absolute atomic E-state index is 12.1. The number of aliphatic hydroxyl groups excluding tert-OH is 1. The van der Waals surface area contributed by atoms with Gasteiger partial charge in [0.1, 0.15) is 12.4 Å². The number of hydrogen-bond donors (Lipinski definition) is 1. The first-order valence-corrected chi connectivity index (χ1v) is 6.63. The Labute approximate surface area is 122 Å². The highest BCUT2D eigenvalue weighted by Crippen LogP contribution is 2.14. The third-order valence-corrected chi connectivity index (χ3v) is 2.99. The molecule has 1 heterocycles. The Morgan fingerprint density at radius 1 is 1.33 bits per heavy atom. The van der Waals surface area contributed by atoms with Crippen LogP contribution in [0.4, 0.5) is 0 Å². The number of rotatable bonds is 6. The van der Waals surface area contributed by atoms with Crippen LogP contribution in [0.5, 0.6) is 5.75 Å². The molecule has 21 heavy (non-hydrogen) atoms. The molecule has 2 rings (SSSR count). The molecule has 0 aliphatic heterocycles. The van der Waals surface area contributed by atoms with E-state index in [0.717, 1.165) is 11.1 Å². The van der Waals surface area contributed by atoms with E-state index in [4.69, 9.17) is 9.84 Å². The van der Waals surface area contributed by atoms with E-state index in [2.05, 4.69) is 0 Å². The summed E-state index contributed by atoms with van der Waals surface area (Å²) < 4.78 is 6.84. The predicted octanol–water partition coefficient (Wildman–Crippen LogP) is 1.39. The average Bonchev–Trinajstić information content (AvgIpc) is 2.49. The molecular formula is C16H17NO4. The Hall–Kier alpha value is -2.40. The van der Waals surface area contributed by atoms with E-state index in [0.29, 0.717) is 18.6 Å². The van der Waals surface area contributed by atoms with E-state index < -0.39 is 0 Å². The topological polar surface area (TPSA) is 68.5 Å². The largest absolute Gasteiger partial charge is 0.491 e. The lowest BCUT2D eigenvalue weighted by atomic mass is 10.2. The number of carbonyl (C=O) groups excluding carboxylic acids is 1. The molecule has 0 amide bonds. The van der Waals surface area contributed by atoms with Crippen molar-refractivity contribution < 1.29 is 14.6 Å². The van der Waals surface area contributed by atoms with Crippen LogP contribution in [0.1, 0.15) is 21.5 Å². The molecule has 1 N–H and O–H groups in total. The van der Waals surface area contributed by atoms with Crippen LogP contribution in [-0.4, -0.2) is 29.2 Å². The fourth-order valence-electron chi connectivity index (χ4n) is 2.11. The van der Waals surface area contributed by atoms with Gasteiger partial charge in [-0.1, -0.05) is 12.1 Å². The van der Waals surface area contributed by atoms with Gasteiger partial charge < -0.3 is 14.4 Å². The van der Waals surface area contributed by atoms with Gasteiger partial charge in [-0.2, -0.15) is 0 Å². The van der Waals surface area contributed by atoms with Gasteiger partial charge in [-0.15, -0.1) is 0 Å². The minimum absolute atomic E-state index is 0.0513. The van der Waals surface area contributed by atoms with Crippen LogP contribution >= 0.6 is 0 Å². The molecule has 110 valence electrons. The first-order chi connectivity index (χ1) is 10.1.